The number of tetrazole rings is 1. The first kappa shape index (κ1) is 21.6. The van der Waals surface area contributed by atoms with Gasteiger partial charge < -0.3 is 15.2 Å². The van der Waals surface area contributed by atoms with Crippen molar-refractivity contribution in [3.8, 4) is 0 Å². The number of hydrogen-bond acceptors (Lipinski definition) is 9. The van der Waals surface area contributed by atoms with Gasteiger partial charge in [0, 0.05) is 18.4 Å². The molecule has 4 atom stereocenters. The number of aryl methyl sites for hydroxylation is 1. The van der Waals surface area contributed by atoms with Gasteiger partial charge in [-0.15, -0.1) is 5.10 Å². The number of ether oxygens (including phenoxy) is 1. The van der Waals surface area contributed by atoms with Crippen molar-refractivity contribution in [2.45, 2.75) is 28.2 Å². The topological polar surface area (TPSA) is 140 Å². The first-order valence-electron chi connectivity index (χ1n) is 9.31. The molecule has 2 fully saturated rings. The molecule has 0 aliphatic carbocycles. The summed E-state index contributed by atoms with van der Waals surface area (Å²) in [4.78, 5) is 38.8. The largest absolute Gasteiger partial charge is 0.480 e. The van der Waals surface area contributed by atoms with Gasteiger partial charge in [-0.2, -0.15) is 11.8 Å². The monoisotopic (exact) mass is 464 g/mol. The van der Waals surface area contributed by atoms with Crippen molar-refractivity contribution in [2.24, 2.45) is 7.05 Å². The zero-order valence-corrected chi connectivity index (χ0v) is 18.3. The number of carboxylic acids is 1. The van der Waals surface area contributed by atoms with Gasteiger partial charge in [0.05, 0.1) is 11.4 Å². The van der Waals surface area contributed by atoms with E-state index in [1.54, 1.807) is 43.6 Å². The van der Waals surface area contributed by atoms with Crippen LogP contribution in [0, 0.1) is 0 Å². The van der Waals surface area contributed by atoms with Gasteiger partial charge in [0.2, 0.25) is 5.16 Å². The quantitative estimate of drug-likeness (QED) is 0.420. The van der Waals surface area contributed by atoms with Crippen LogP contribution < -0.4 is 5.32 Å². The molecule has 3 heterocycles. The highest BCUT2D eigenvalue weighted by atomic mass is 32.2. The van der Waals surface area contributed by atoms with Crippen molar-refractivity contribution in [1.29, 1.82) is 0 Å². The third-order valence-electron chi connectivity index (χ3n) is 5.34. The highest BCUT2D eigenvalue weighted by Gasteiger charge is 2.63. The lowest BCUT2D eigenvalue weighted by Crippen LogP contribution is -2.81. The van der Waals surface area contributed by atoms with E-state index in [9.17, 15) is 19.5 Å². The minimum absolute atomic E-state index is 0.0928. The number of carbonyl (C=O) groups excluding carboxylic acids is 2. The van der Waals surface area contributed by atoms with Crippen LogP contribution in [-0.2, 0) is 21.4 Å². The van der Waals surface area contributed by atoms with E-state index in [2.05, 4.69) is 20.8 Å². The lowest BCUT2D eigenvalue weighted by Gasteiger charge is -2.57. The molecule has 4 rings (SSSR count). The molecular formula is C18H20N6O5S2. The normalized spacial score (nSPS) is 27.4. The number of aliphatic carboxylic acids is 1. The van der Waals surface area contributed by atoms with Crippen molar-refractivity contribution < 1.29 is 24.2 Å². The first-order valence-corrected chi connectivity index (χ1v) is 11.5. The Hall–Kier alpha value is -2.64. The molecule has 0 unspecified atom stereocenters. The van der Waals surface area contributed by atoms with Crippen LogP contribution in [0.25, 0.3) is 0 Å². The molecule has 13 heteroatoms. The van der Waals surface area contributed by atoms with E-state index in [1.807, 2.05) is 0 Å². The Balaban J connectivity index is 1.51. The van der Waals surface area contributed by atoms with Crippen molar-refractivity contribution in [1.82, 2.24) is 30.4 Å². The summed E-state index contributed by atoms with van der Waals surface area (Å²) in [6.07, 6.45) is 0.955. The Kier molecular flexibility index (Phi) is 5.90. The molecule has 2 N–H and O–H groups in total. The Morgan fingerprint density at radius 2 is 2.10 bits per heavy atom. The fraction of sp³-hybridized carbons (Fsp3) is 0.444. The molecule has 2 saturated heterocycles. The number of rotatable bonds is 7. The number of aromatic nitrogens is 4. The molecule has 164 valence electrons. The van der Waals surface area contributed by atoms with Crippen LogP contribution in [0.15, 0.2) is 35.5 Å². The summed E-state index contributed by atoms with van der Waals surface area (Å²) >= 11 is 2.62. The van der Waals surface area contributed by atoms with Crippen molar-refractivity contribution in [3.05, 3.63) is 35.9 Å². The fourth-order valence-electron chi connectivity index (χ4n) is 3.67. The molecule has 0 bridgehead atoms. The number of fused-ring (bicyclic) bond motifs is 1. The van der Waals surface area contributed by atoms with Gasteiger partial charge in [-0.3, -0.25) is 14.5 Å². The number of β-lactam (4-membered cyclic amide) rings is 1. The van der Waals surface area contributed by atoms with E-state index in [0.29, 0.717) is 16.5 Å². The van der Waals surface area contributed by atoms with Gasteiger partial charge in [0.1, 0.15) is 6.04 Å². The number of carbonyl (C=O) groups is 3. The van der Waals surface area contributed by atoms with Crippen LogP contribution in [0.5, 0.6) is 0 Å². The molecule has 2 aliphatic rings. The third-order valence-corrected chi connectivity index (χ3v) is 8.09. The number of nitrogens with zero attached hydrogens (tertiary/aromatic N) is 5. The van der Waals surface area contributed by atoms with Crippen LogP contribution in [0.1, 0.15) is 10.4 Å². The van der Waals surface area contributed by atoms with Crippen LogP contribution in [0.3, 0.4) is 0 Å². The van der Waals surface area contributed by atoms with Crippen LogP contribution in [0.2, 0.25) is 0 Å². The van der Waals surface area contributed by atoms with Gasteiger partial charge in [-0.05, 0) is 28.8 Å². The summed E-state index contributed by atoms with van der Waals surface area (Å²) in [5.41, 5.74) is 0.409. The second-order valence-corrected chi connectivity index (χ2v) is 9.31. The minimum atomic E-state index is -1.12. The molecule has 0 saturated carbocycles. The SMILES string of the molecule is CS[C@]1(CSc2nnnn2C)CO[C@@H]2[C@@H](NC(=O)c3ccccc3)C(=O)N2[C@H]1C(=O)O. The van der Waals surface area contributed by atoms with E-state index in [0.717, 1.165) is 0 Å². The third kappa shape index (κ3) is 3.77. The lowest BCUT2D eigenvalue weighted by atomic mass is 9.90. The Bertz CT molecular complexity index is 1000. The van der Waals surface area contributed by atoms with E-state index < -0.39 is 40.8 Å². The molecule has 0 radical (unpaired) electrons. The molecule has 2 aliphatic heterocycles. The standard InChI is InChI=1S/C18H20N6O5S2/c1-23-17(20-21-22-23)31-9-18(30-2)8-29-15-11(14(26)24(15)12(18)16(27)28)19-13(25)10-6-4-3-5-7-10/h3-7,11-12,15H,8-9H2,1-2H3,(H,19,25)(H,27,28)/t11-,12-,15+,18-/m0/s1. The summed E-state index contributed by atoms with van der Waals surface area (Å²) in [7, 11) is 1.69. The van der Waals surface area contributed by atoms with Gasteiger partial charge >= 0.3 is 5.97 Å². The number of nitrogens with one attached hydrogen (secondary N) is 1. The number of carboxylic acid groups (broad SMARTS) is 1. The highest BCUT2D eigenvalue weighted by Crippen LogP contribution is 2.44. The molecule has 31 heavy (non-hydrogen) atoms. The van der Waals surface area contributed by atoms with Gasteiger partial charge in [-0.1, -0.05) is 30.0 Å². The van der Waals surface area contributed by atoms with E-state index in [-0.39, 0.29) is 6.61 Å². The molecular weight excluding hydrogens is 444 g/mol. The average Bonchev–Trinajstić information content (AvgIpc) is 3.20. The number of hydrogen-bond donors (Lipinski definition) is 2. The maximum atomic E-state index is 12.9. The Morgan fingerprint density at radius 1 is 1.35 bits per heavy atom. The zero-order valence-electron chi connectivity index (χ0n) is 16.7. The van der Waals surface area contributed by atoms with Crippen molar-refractivity contribution in [2.75, 3.05) is 18.6 Å². The van der Waals surface area contributed by atoms with Gasteiger partial charge in [0.15, 0.2) is 12.3 Å². The molecule has 2 aromatic rings. The molecule has 1 aromatic heterocycles. The molecule has 2 amide bonds. The predicted molar refractivity (Wildman–Crippen MR) is 111 cm³/mol. The number of amides is 2. The maximum absolute atomic E-state index is 12.9. The van der Waals surface area contributed by atoms with Crippen LogP contribution >= 0.6 is 23.5 Å². The Labute approximate surface area is 185 Å². The van der Waals surface area contributed by atoms with Gasteiger partial charge in [-0.25, -0.2) is 9.48 Å². The second kappa shape index (κ2) is 8.48. The zero-order chi connectivity index (χ0) is 22.2. The fourth-order valence-corrected chi connectivity index (χ4v) is 5.87. The molecule has 11 nitrogen and oxygen atoms in total. The molecule has 1 aromatic carbocycles. The Morgan fingerprint density at radius 3 is 2.71 bits per heavy atom. The van der Waals surface area contributed by atoms with E-state index in [4.69, 9.17) is 4.74 Å². The number of benzene rings is 1. The minimum Gasteiger partial charge on any atom is -0.480 e. The molecule has 0 spiro atoms. The van der Waals surface area contributed by atoms with Crippen molar-refractivity contribution in [3.63, 3.8) is 0 Å². The summed E-state index contributed by atoms with van der Waals surface area (Å²) < 4.78 is 6.50. The van der Waals surface area contributed by atoms with Crippen LogP contribution in [0.4, 0.5) is 0 Å². The van der Waals surface area contributed by atoms with E-state index >= 15 is 0 Å². The maximum Gasteiger partial charge on any atom is 0.328 e. The summed E-state index contributed by atoms with van der Waals surface area (Å²) in [5, 5.41) is 24.5. The second-order valence-electron chi connectivity index (χ2n) is 7.15. The van der Waals surface area contributed by atoms with Crippen LogP contribution in [-0.4, -0.2) is 89.7 Å². The smallest absolute Gasteiger partial charge is 0.328 e. The first-order chi connectivity index (χ1) is 14.9. The lowest BCUT2D eigenvalue weighted by molar-refractivity contribution is -0.216. The predicted octanol–water partition coefficient (Wildman–Crippen LogP) is -0.146. The highest BCUT2D eigenvalue weighted by molar-refractivity contribution is 8.03. The summed E-state index contributed by atoms with van der Waals surface area (Å²) in [6, 6.07) is 6.45. The van der Waals surface area contributed by atoms with Gasteiger partial charge in [0.25, 0.3) is 11.8 Å². The summed E-state index contributed by atoms with van der Waals surface area (Å²) in [6.45, 7) is 0.0928. The summed E-state index contributed by atoms with van der Waals surface area (Å²) in [5.74, 6) is -1.71. The average molecular weight is 465 g/mol. The van der Waals surface area contributed by atoms with E-state index in [1.165, 1.54) is 33.1 Å². The van der Waals surface area contributed by atoms with Crippen molar-refractivity contribution >= 4 is 41.3 Å². The number of thioether (sulfide) groups is 2.